The second-order valence-corrected chi connectivity index (χ2v) is 2.48. The third-order valence-corrected chi connectivity index (χ3v) is 1.38. The van der Waals surface area contributed by atoms with E-state index >= 15 is 0 Å². The molecule has 13 heavy (non-hydrogen) atoms. The topological polar surface area (TPSA) is 47.6 Å². The molecule has 0 amide bonds. The summed E-state index contributed by atoms with van der Waals surface area (Å²) < 4.78 is 15.4. The van der Waals surface area contributed by atoms with Gasteiger partial charge in [-0.05, 0) is 13.3 Å². The molecule has 0 rings (SSSR count). The second kappa shape index (κ2) is 11.8. The van der Waals surface area contributed by atoms with Crippen molar-refractivity contribution in [3.63, 3.8) is 0 Å². The van der Waals surface area contributed by atoms with E-state index in [-0.39, 0.29) is 6.61 Å². The third kappa shape index (κ3) is 11.8. The van der Waals surface area contributed by atoms with Crippen LogP contribution in [0.4, 0.5) is 0 Å². The summed E-state index contributed by atoms with van der Waals surface area (Å²) in [5.41, 5.74) is 0. The Hall–Kier alpha value is -0.160. The van der Waals surface area contributed by atoms with Gasteiger partial charge in [0.2, 0.25) is 0 Å². The molecule has 79 valence electrons. The second-order valence-electron chi connectivity index (χ2n) is 2.48. The van der Waals surface area contributed by atoms with E-state index in [0.717, 1.165) is 6.61 Å². The molecule has 0 aromatic carbocycles. The summed E-state index contributed by atoms with van der Waals surface area (Å²) >= 11 is 0. The summed E-state index contributed by atoms with van der Waals surface area (Å²) in [6.07, 6.45) is 0.582. The normalized spacial score (nSPS) is 10.6. The van der Waals surface area contributed by atoms with Crippen LogP contribution in [0.3, 0.4) is 0 Å². The van der Waals surface area contributed by atoms with Crippen LogP contribution in [0, 0.1) is 0 Å². The number of hydrogen-bond acceptors (Lipinski definition) is 3. The summed E-state index contributed by atoms with van der Waals surface area (Å²) in [5, 5.41) is 10.0. The molecule has 0 aliphatic rings. The maximum absolute atomic E-state index is 10.0. The summed E-state index contributed by atoms with van der Waals surface area (Å²) in [6, 6.07) is 0. The van der Waals surface area contributed by atoms with Gasteiger partial charge in [-0.25, -0.2) is 5.11 Å². The van der Waals surface area contributed by atoms with Crippen molar-refractivity contribution >= 4 is 0 Å². The molecule has 4 nitrogen and oxygen atoms in total. The molecule has 0 aliphatic heterocycles. The van der Waals surface area contributed by atoms with Crippen LogP contribution < -0.4 is 0 Å². The monoisotopic (exact) mass is 191 g/mol. The minimum Gasteiger partial charge on any atom is -0.379 e. The largest absolute Gasteiger partial charge is 0.379 e. The quantitative estimate of drug-likeness (QED) is 0.481. The number of hydrogen-bond donors (Lipinski definition) is 0. The predicted molar refractivity (Wildman–Crippen MR) is 48.3 cm³/mol. The molecular weight excluding hydrogens is 172 g/mol. The zero-order chi connectivity index (χ0) is 9.78. The van der Waals surface area contributed by atoms with Crippen molar-refractivity contribution in [1.82, 2.24) is 0 Å². The Bertz CT molecular complexity index is 77.7. The summed E-state index contributed by atoms with van der Waals surface area (Å²) in [4.78, 5) is 0. The van der Waals surface area contributed by atoms with Gasteiger partial charge in [0.1, 0.15) is 0 Å². The fraction of sp³-hybridized carbons (Fsp3) is 1.00. The molecule has 4 heteroatoms. The minimum atomic E-state index is -0.0643. The van der Waals surface area contributed by atoms with Gasteiger partial charge < -0.3 is 14.2 Å². The van der Waals surface area contributed by atoms with Gasteiger partial charge in [-0.3, -0.25) is 0 Å². The van der Waals surface area contributed by atoms with Crippen molar-refractivity contribution in [2.24, 2.45) is 0 Å². The lowest BCUT2D eigenvalue weighted by molar-refractivity contribution is 0.0129. The first-order chi connectivity index (χ1) is 6.41. The Morgan fingerprint density at radius 2 is 1.38 bits per heavy atom. The SMILES string of the molecule is CCOCCOCCOCCC[O]. The molecule has 0 saturated carbocycles. The highest BCUT2D eigenvalue weighted by Gasteiger charge is 1.90. The van der Waals surface area contributed by atoms with Crippen LogP contribution in [-0.4, -0.2) is 46.2 Å². The van der Waals surface area contributed by atoms with Gasteiger partial charge >= 0.3 is 0 Å². The Labute approximate surface area is 79.8 Å². The van der Waals surface area contributed by atoms with Crippen LogP contribution in [0.1, 0.15) is 13.3 Å². The zero-order valence-electron chi connectivity index (χ0n) is 8.29. The van der Waals surface area contributed by atoms with E-state index < -0.39 is 0 Å². The van der Waals surface area contributed by atoms with Gasteiger partial charge in [0.15, 0.2) is 0 Å². The van der Waals surface area contributed by atoms with Gasteiger partial charge in [-0.15, -0.1) is 0 Å². The predicted octanol–water partition coefficient (Wildman–Crippen LogP) is 0.877. The van der Waals surface area contributed by atoms with E-state index in [2.05, 4.69) is 0 Å². The van der Waals surface area contributed by atoms with Crippen molar-refractivity contribution in [2.45, 2.75) is 13.3 Å². The fourth-order valence-electron chi connectivity index (χ4n) is 0.745. The molecule has 1 radical (unpaired) electrons. The Morgan fingerprint density at radius 1 is 0.846 bits per heavy atom. The highest BCUT2D eigenvalue weighted by atomic mass is 16.5. The average Bonchev–Trinajstić information content (AvgIpc) is 2.16. The smallest absolute Gasteiger partial charge is 0.0844 e. The van der Waals surface area contributed by atoms with Crippen LogP contribution in [0.5, 0.6) is 0 Å². The van der Waals surface area contributed by atoms with E-state index in [4.69, 9.17) is 14.2 Å². The molecule has 0 aliphatic carbocycles. The number of rotatable bonds is 10. The summed E-state index contributed by atoms with van der Waals surface area (Å²) in [6.45, 7) is 5.53. The van der Waals surface area contributed by atoms with Crippen LogP contribution in [0.25, 0.3) is 0 Å². The van der Waals surface area contributed by atoms with E-state index in [1.165, 1.54) is 0 Å². The van der Waals surface area contributed by atoms with Gasteiger partial charge in [-0.1, -0.05) is 0 Å². The van der Waals surface area contributed by atoms with Gasteiger partial charge in [0, 0.05) is 13.2 Å². The first kappa shape index (κ1) is 12.8. The zero-order valence-corrected chi connectivity index (χ0v) is 8.29. The van der Waals surface area contributed by atoms with Crippen molar-refractivity contribution in [3.05, 3.63) is 0 Å². The minimum absolute atomic E-state index is 0.0643. The fourth-order valence-corrected chi connectivity index (χ4v) is 0.745. The Morgan fingerprint density at radius 3 is 1.92 bits per heavy atom. The molecule has 0 heterocycles. The molecule has 0 atom stereocenters. The molecule has 0 bridgehead atoms. The molecular formula is C9H19O4. The van der Waals surface area contributed by atoms with Crippen LogP contribution in [0.2, 0.25) is 0 Å². The first-order valence-corrected chi connectivity index (χ1v) is 4.73. The molecule has 0 fully saturated rings. The van der Waals surface area contributed by atoms with Crippen molar-refractivity contribution in [1.29, 1.82) is 0 Å². The van der Waals surface area contributed by atoms with E-state index in [1.54, 1.807) is 0 Å². The van der Waals surface area contributed by atoms with Crippen molar-refractivity contribution in [3.8, 4) is 0 Å². The van der Waals surface area contributed by atoms with E-state index in [0.29, 0.717) is 39.5 Å². The highest BCUT2D eigenvalue weighted by Crippen LogP contribution is 1.83. The lowest BCUT2D eigenvalue weighted by Gasteiger charge is -2.04. The van der Waals surface area contributed by atoms with E-state index in [1.807, 2.05) is 6.92 Å². The standard InChI is InChI=1S/C9H19O4/c1-2-11-6-7-13-9-8-12-5-3-4-10/h2-9H2,1H3. The molecule has 0 aromatic rings. The highest BCUT2D eigenvalue weighted by molar-refractivity contribution is 4.34. The molecule has 0 aromatic heterocycles. The maximum atomic E-state index is 10.0. The molecule has 0 saturated heterocycles. The molecule has 0 unspecified atom stereocenters. The molecule has 0 spiro atoms. The Balaban J connectivity index is 2.76. The summed E-state index contributed by atoms with van der Waals surface area (Å²) in [7, 11) is 0. The molecule has 0 N–H and O–H groups in total. The maximum Gasteiger partial charge on any atom is 0.0844 e. The van der Waals surface area contributed by atoms with Gasteiger partial charge in [0.25, 0.3) is 0 Å². The van der Waals surface area contributed by atoms with Crippen molar-refractivity contribution < 1.29 is 19.3 Å². The summed E-state index contributed by atoms with van der Waals surface area (Å²) in [5.74, 6) is 0. The van der Waals surface area contributed by atoms with Gasteiger partial charge in [-0.2, -0.15) is 0 Å². The van der Waals surface area contributed by atoms with Crippen LogP contribution >= 0.6 is 0 Å². The number of ether oxygens (including phenoxy) is 3. The van der Waals surface area contributed by atoms with Crippen molar-refractivity contribution in [2.75, 3.05) is 46.2 Å². The first-order valence-electron chi connectivity index (χ1n) is 4.73. The van der Waals surface area contributed by atoms with E-state index in [9.17, 15) is 5.11 Å². The Kier molecular flexibility index (Phi) is 11.7. The average molecular weight is 191 g/mol. The van der Waals surface area contributed by atoms with Crippen LogP contribution in [-0.2, 0) is 19.3 Å². The van der Waals surface area contributed by atoms with Crippen LogP contribution in [0.15, 0.2) is 0 Å². The lowest BCUT2D eigenvalue weighted by atomic mass is 10.5. The lowest BCUT2D eigenvalue weighted by Crippen LogP contribution is -2.09. The van der Waals surface area contributed by atoms with Gasteiger partial charge in [0.05, 0.1) is 33.0 Å². The third-order valence-electron chi connectivity index (χ3n) is 1.38.